The molecule has 0 unspecified atom stereocenters. The summed E-state index contributed by atoms with van der Waals surface area (Å²) in [6.07, 6.45) is 1.74. The highest BCUT2D eigenvalue weighted by molar-refractivity contribution is 9.10. The van der Waals surface area contributed by atoms with E-state index in [4.69, 9.17) is 12.2 Å². The van der Waals surface area contributed by atoms with Gasteiger partial charge in [0, 0.05) is 10.0 Å². The van der Waals surface area contributed by atoms with Gasteiger partial charge in [-0.25, -0.2) is 4.90 Å². The fraction of sp³-hybridized carbons (Fsp3) is 0.0556. The zero-order chi connectivity index (χ0) is 17.3. The predicted molar refractivity (Wildman–Crippen MR) is 105 cm³/mol. The first kappa shape index (κ1) is 17.1. The first-order valence-corrected chi connectivity index (χ1v) is 9.12. The normalized spacial score (nSPS) is 16.1. The van der Waals surface area contributed by atoms with E-state index in [1.165, 1.54) is 0 Å². The van der Waals surface area contributed by atoms with Crippen molar-refractivity contribution in [1.29, 1.82) is 0 Å². The van der Waals surface area contributed by atoms with Crippen molar-refractivity contribution in [2.75, 3.05) is 0 Å². The first-order chi connectivity index (χ1) is 11.5. The van der Waals surface area contributed by atoms with Gasteiger partial charge < -0.3 is 0 Å². The number of nitrogens with zero attached hydrogens (tertiary/aromatic N) is 1. The van der Waals surface area contributed by atoms with E-state index >= 15 is 0 Å². The van der Waals surface area contributed by atoms with Gasteiger partial charge in [0.1, 0.15) is 0 Å². The topological polar surface area (TPSA) is 37.4 Å². The Morgan fingerprint density at radius 1 is 1.21 bits per heavy atom. The minimum Gasteiger partial charge on any atom is -0.268 e. The summed E-state index contributed by atoms with van der Waals surface area (Å²) in [5.74, 6) is -0.768. The van der Waals surface area contributed by atoms with Crippen LogP contribution in [0.4, 0.5) is 0 Å². The number of amides is 2. The van der Waals surface area contributed by atoms with Gasteiger partial charge in [0.25, 0.3) is 11.8 Å². The molecule has 1 heterocycles. The molecule has 1 aliphatic rings. The van der Waals surface area contributed by atoms with Crippen molar-refractivity contribution in [2.45, 2.75) is 6.92 Å². The van der Waals surface area contributed by atoms with Crippen LogP contribution in [0.15, 0.2) is 57.9 Å². The molecule has 120 valence electrons. The zero-order valence-corrected chi connectivity index (χ0v) is 15.9. The Balaban J connectivity index is 1.90. The number of benzene rings is 2. The largest absolute Gasteiger partial charge is 0.273 e. The summed E-state index contributed by atoms with van der Waals surface area (Å²) in [5, 5.41) is 0. The number of halogens is 1. The molecular formula is C18H12BrNO2S2. The highest BCUT2D eigenvalue weighted by Gasteiger charge is 2.37. The fourth-order valence-electron chi connectivity index (χ4n) is 2.30. The Morgan fingerprint density at radius 3 is 2.67 bits per heavy atom. The third-order valence-corrected chi connectivity index (χ3v) is 5.20. The third-order valence-electron chi connectivity index (χ3n) is 3.41. The molecule has 2 aromatic rings. The minimum atomic E-state index is -0.390. The molecule has 1 saturated heterocycles. The lowest BCUT2D eigenvalue weighted by Crippen LogP contribution is -2.34. The molecule has 2 aromatic carbocycles. The third kappa shape index (κ3) is 3.50. The van der Waals surface area contributed by atoms with Gasteiger partial charge in [-0.3, -0.25) is 9.59 Å². The molecule has 24 heavy (non-hydrogen) atoms. The van der Waals surface area contributed by atoms with Crippen molar-refractivity contribution in [3.8, 4) is 0 Å². The number of thioether (sulfide) groups is 1. The van der Waals surface area contributed by atoms with Crippen molar-refractivity contribution in [3.63, 3.8) is 0 Å². The number of hydrogen-bond donors (Lipinski definition) is 0. The van der Waals surface area contributed by atoms with Gasteiger partial charge in [0.15, 0.2) is 4.32 Å². The second-order valence-corrected chi connectivity index (χ2v) is 7.84. The molecule has 0 aliphatic carbocycles. The van der Waals surface area contributed by atoms with E-state index in [9.17, 15) is 9.59 Å². The van der Waals surface area contributed by atoms with Crippen LogP contribution in [0.5, 0.6) is 0 Å². The number of thiocarbonyl (C=S) groups is 1. The van der Waals surface area contributed by atoms with E-state index in [1.807, 2.05) is 37.3 Å². The second-order valence-electron chi connectivity index (χ2n) is 5.25. The van der Waals surface area contributed by atoms with Crippen LogP contribution in [-0.4, -0.2) is 21.0 Å². The van der Waals surface area contributed by atoms with Gasteiger partial charge in [0.2, 0.25) is 0 Å². The standard InChI is InChI=1S/C18H12BrNO2S2/c1-11-4-2-6-13(8-11)16(21)20-17(22)15(24-18(20)23)10-12-5-3-7-14(19)9-12/h2-10H,1H3/b15-10+. The Kier molecular flexibility index (Phi) is 4.99. The maximum atomic E-state index is 12.6. The van der Waals surface area contributed by atoms with Crippen molar-refractivity contribution in [3.05, 3.63) is 74.6 Å². The van der Waals surface area contributed by atoms with Crippen LogP contribution in [0.2, 0.25) is 0 Å². The summed E-state index contributed by atoms with van der Waals surface area (Å²) in [6.45, 7) is 1.90. The van der Waals surface area contributed by atoms with Crippen molar-refractivity contribution in [2.24, 2.45) is 0 Å². The summed E-state index contributed by atoms with van der Waals surface area (Å²) >= 11 is 9.78. The molecule has 1 fully saturated rings. The summed E-state index contributed by atoms with van der Waals surface area (Å²) in [4.78, 5) is 26.8. The summed E-state index contributed by atoms with van der Waals surface area (Å²) in [7, 11) is 0. The van der Waals surface area contributed by atoms with E-state index in [-0.39, 0.29) is 16.1 Å². The van der Waals surface area contributed by atoms with E-state index < -0.39 is 0 Å². The van der Waals surface area contributed by atoms with Crippen LogP contribution < -0.4 is 0 Å². The van der Waals surface area contributed by atoms with E-state index in [0.717, 1.165) is 32.3 Å². The van der Waals surface area contributed by atoms with E-state index in [2.05, 4.69) is 15.9 Å². The maximum absolute atomic E-state index is 12.6. The SMILES string of the molecule is Cc1cccc(C(=O)N2C(=O)/C(=C\c3cccc(Br)c3)SC2=S)c1. The average Bonchev–Trinajstić information content (AvgIpc) is 2.81. The summed E-state index contributed by atoms with van der Waals surface area (Å²) in [5.41, 5.74) is 2.28. The Labute approximate surface area is 157 Å². The summed E-state index contributed by atoms with van der Waals surface area (Å²) in [6, 6.07) is 14.7. The number of hydrogen-bond acceptors (Lipinski definition) is 4. The molecule has 6 heteroatoms. The lowest BCUT2D eigenvalue weighted by atomic mass is 10.1. The van der Waals surface area contributed by atoms with Gasteiger partial charge >= 0.3 is 0 Å². The average molecular weight is 418 g/mol. The van der Waals surface area contributed by atoms with Gasteiger partial charge in [-0.2, -0.15) is 0 Å². The smallest absolute Gasteiger partial charge is 0.268 e. The monoisotopic (exact) mass is 417 g/mol. The molecule has 0 radical (unpaired) electrons. The van der Waals surface area contributed by atoms with Crippen LogP contribution in [0.25, 0.3) is 6.08 Å². The second kappa shape index (κ2) is 7.01. The minimum absolute atomic E-state index is 0.257. The van der Waals surface area contributed by atoms with Crippen molar-refractivity contribution >= 4 is 62.1 Å². The molecule has 1 aliphatic heterocycles. The Hall–Kier alpha value is -1.76. The van der Waals surface area contributed by atoms with Crippen LogP contribution in [0.3, 0.4) is 0 Å². The molecule has 0 saturated carbocycles. The molecule has 0 atom stereocenters. The molecule has 0 spiro atoms. The zero-order valence-electron chi connectivity index (χ0n) is 12.7. The van der Waals surface area contributed by atoms with Gasteiger partial charge in [-0.05, 0) is 42.8 Å². The Morgan fingerprint density at radius 2 is 1.96 bits per heavy atom. The molecule has 0 bridgehead atoms. The number of aryl methyl sites for hydroxylation is 1. The van der Waals surface area contributed by atoms with Crippen molar-refractivity contribution < 1.29 is 9.59 Å². The highest BCUT2D eigenvalue weighted by atomic mass is 79.9. The first-order valence-electron chi connectivity index (χ1n) is 7.10. The number of rotatable bonds is 2. The maximum Gasteiger partial charge on any atom is 0.273 e. The fourth-order valence-corrected chi connectivity index (χ4v) is 3.97. The Bertz CT molecular complexity index is 892. The van der Waals surface area contributed by atoms with Crippen LogP contribution in [0, 0.1) is 6.92 Å². The molecular weight excluding hydrogens is 406 g/mol. The van der Waals surface area contributed by atoms with E-state index in [0.29, 0.717) is 10.5 Å². The van der Waals surface area contributed by atoms with Crippen LogP contribution in [0.1, 0.15) is 21.5 Å². The van der Waals surface area contributed by atoms with Crippen molar-refractivity contribution in [1.82, 2.24) is 4.90 Å². The van der Waals surface area contributed by atoms with Gasteiger partial charge in [0.05, 0.1) is 4.91 Å². The number of carbonyl (C=O) groups is 2. The molecule has 2 amide bonds. The number of carbonyl (C=O) groups excluding carboxylic acids is 2. The molecule has 0 aromatic heterocycles. The molecule has 0 N–H and O–H groups in total. The van der Waals surface area contributed by atoms with Gasteiger partial charge in [-0.1, -0.05) is 69.7 Å². The summed E-state index contributed by atoms with van der Waals surface area (Å²) < 4.78 is 1.18. The highest BCUT2D eigenvalue weighted by Crippen LogP contribution is 2.34. The van der Waals surface area contributed by atoms with E-state index in [1.54, 1.807) is 24.3 Å². The van der Waals surface area contributed by atoms with Crippen LogP contribution in [-0.2, 0) is 4.79 Å². The lowest BCUT2D eigenvalue weighted by Gasteiger charge is -2.12. The van der Waals surface area contributed by atoms with Gasteiger partial charge in [-0.15, -0.1) is 0 Å². The van der Waals surface area contributed by atoms with Crippen LogP contribution >= 0.6 is 39.9 Å². The molecule has 3 nitrogen and oxygen atoms in total. The predicted octanol–water partition coefficient (Wildman–Crippen LogP) is 4.80. The molecule has 3 rings (SSSR count). The quantitative estimate of drug-likeness (QED) is 0.399. The number of imide groups is 1. The lowest BCUT2D eigenvalue weighted by molar-refractivity contribution is -0.120.